The number of hydrogen-bond acceptors (Lipinski definition) is 18. The second-order valence-electron chi connectivity index (χ2n) is 31.2. The van der Waals surface area contributed by atoms with Crippen molar-refractivity contribution < 1.29 is 165 Å². The Hall–Kier alpha value is -1.22. The van der Waals surface area contributed by atoms with Gasteiger partial charge in [-0.15, -0.1) is 0 Å². The van der Waals surface area contributed by atoms with Gasteiger partial charge in [-0.2, -0.15) is 0 Å². The van der Waals surface area contributed by atoms with Crippen molar-refractivity contribution in [1.29, 1.82) is 0 Å². The topological polar surface area (TPSA) is 260 Å². The quantitative estimate of drug-likeness (QED) is 0.00958. The van der Waals surface area contributed by atoms with E-state index in [0.29, 0.717) is 166 Å². The molecule has 1 radical (unpaired) electrons. The van der Waals surface area contributed by atoms with Crippen LogP contribution in [0.25, 0.3) is 0 Å². The maximum Gasteiger partial charge on any atom is 0.303 e. The third-order valence-corrected chi connectivity index (χ3v) is 23.9. The molecule has 4 aliphatic heterocycles. The number of allylic oxidation sites excluding steroid dienone is 3. The molecular weight excluding hydrogens is 2110 g/mol. The molecule has 120 heavy (non-hydrogen) atoms. The average Bonchev–Trinajstić information content (AvgIpc) is 1.64. The van der Waals surface area contributed by atoms with E-state index in [2.05, 4.69) is 37.2 Å². The molecular formula is C89H130Cl4F4I3O19Pr-. The molecule has 7 N–H and O–H groups in total. The number of fused-ring (bicyclic) bond motifs is 2. The zero-order chi connectivity index (χ0) is 83.3. The first-order valence-electron chi connectivity index (χ1n) is 40.9. The minimum atomic E-state index is -1.17. The number of carboxylic acid groups (broad SMARTS) is 1. The molecule has 681 valence electrons. The SMILES string of the molecule is C.C.C.COC=CC[C@@H]1[C@@H](CC[C@@H](F)COc2cccc(Cl)c2)[C@H](OC2CCCCO2)C[C@@H]1O.I[I-]I.O=C(O)CC/C=C\CC[C@@H]1[C@@H](CC[C@@H](F)COc2cccc(Cl)c2)[C@H](O)C[C@@H]1O.OC1CC[C@@H]2[C@@H](CC[C@@H](F)COc3cccc(Cl)c3)[C@H](O)C[C@@H]2O1.OC1C[C@@H]2[C@@H](CC[C@@H](F)COc3cccc(Cl)c3)[C@H](OC3CCCCO3)C[C@@H]2O1.[Pr]. The molecule has 31 heteroatoms. The molecule has 0 aromatic heterocycles. The largest absolute Gasteiger partial charge is 0.491 e. The number of alkyl halides is 4. The van der Waals surface area contributed by atoms with Crippen LogP contribution in [0.4, 0.5) is 17.6 Å². The number of aliphatic hydroxyl groups excluding tert-OH is 6. The summed E-state index contributed by atoms with van der Waals surface area (Å²) in [4.78, 5) is 10.5. The maximum atomic E-state index is 14.6. The van der Waals surface area contributed by atoms with E-state index in [1.807, 2.05) is 18.2 Å². The smallest absolute Gasteiger partial charge is 0.303 e. The van der Waals surface area contributed by atoms with Crippen LogP contribution in [-0.2, 0) is 38.0 Å². The van der Waals surface area contributed by atoms with E-state index in [1.165, 1.54) is 0 Å². The van der Waals surface area contributed by atoms with E-state index in [0.717, 1.165) is 58.0 Å². The van der Waals surface area contributed by atoms with Gasteiger partial charge in [-0.1, -0.05) is 105 Å². The van der Waals surface area contributed by atoms with E-state index in [4.69, 9.17) is 104 Å². The van der Waals surface area contributed by atoms with Crippen LogP contribution >= 0.6 is 83.6 Å². The van der Waals surface area contributed by atoms with Crippen molar-refractivity contribution in [2.24, 2.45) is 47.3 Å². The second kappa shape index (κ2) is 61.4. The number of rotatable bonds is 37. The first-order chi connectivity index (χ1) is 55.9. The number of aliphatic carboxylic acids is 1. The summed E-state index contributed by atoms with van der Waals surface area (Å²) >= 11 is 28.9. The first-order valence-corrected chi connectivity index (χ1v) is 55.0. The Bertz CT molecular complexity index is 3470. The van der Waals surface area contributed by atoms with E-state index >= 15 is 0 Å². The van der Waals surface area contributed by atoms with Gasteiger partial charge in [0.25, 0.3) is 0 Å². The van der Waals surface area contributed by atoms with Crippen molar-refractivity contribution in [2.75, 3.05) is 46.8 Å². The predicted molar refractivity (Wildman–Crippen MR) is 472 cm³/mol. The van der Waals surface area contributed by atoms with Gasteiger partial charge in [0.1, 0.15) is 74.1 Å². The number of halogens is 11. The van der Waals surface area contributed by atoms with Gasteiger partial charge in [0, 0.05) is 107 Å². The Morgan fingerprint density at radius 1 is 0.483 bits per heavy atom. The predicted octanol–water partition coefficient (Wildman–Crippen LogP) is 18.2. The molecule has 4 aliphatic carbocycles. The molecule has 0 bridgehead atoms. The van der Waals surface area contributed by atoms with Crippen LogP contribution in [0.2, 0.25) is 20.1 Å². The Kier molecular flexibility index (Phi) is 56.8. The molecule has 12 rings (SSSR count). The number of hydrogen-bond donors (Lipinski definition) is 7. The van der Waals surface area contributed by atoms with Crippen molar-refractivity contribution >= 4 is 89.6 Å². The number of carbonyl (C=O) groups is 1. The number of aliphatic hydroxyl groups is 6. The average molecular weight is 2240 g/mol. The third-order valence-electron chi connectivity index (χ3n) is 23.0. The number of ether oxygens (including phenoxy) is 11. The Morgan fingerprint density at radius 3 is 1.32 bits per heavy atom. The molecule has 24 atom stereocenters. The van der Waals surface area contributed by atoms with E-state index in [9.17, 15) is 53.0 Å². The van der Waals surface area contributed by atoms with Crippen LogP contribution in [-0.4, -0.2) is 187 Å². The van der Waals surface area contributed by atoms with E-state index in [1.54, 1.807) is 110 Å². The number of carboxylic acids is 1. The van der Waals surface area contributed by atoms with E-state index < -0.39 is 67.7 Å². The standard InChI is InChI=1S/C24H34ClFO5.2C22H30ClFO5.C18H24ClFO4.3CH4.I3.Pr/c1-28-12-5-8-20-21(23(15-22(20)27)31-24-9-2-3-13-29-24)11-10-18(26)16-30-19-7-4-6-17(25)14-19;23-14-4-3-5-16(10-14)27-13-15(24)7-8-17-18-11-21(25)28-20(18)12-19(17)29-22-6-1-2-9-26-22;23-15-6-5-7-17(12-15)29-14-16(24)10-11-19-18(20(25)13-21(19)26)8-3-1-2-4-9-22(27)28;19-11-2-1-3-13(8-11)23-10-12(20)4-5-14-15-6-7-18(22)24-17(15)9-16(14)21;;;;1-3-2;/h4-7,12,14,18,20-24,27H,2-3,8-11,13,15-16H2,1H3;3-5,10,15,17-22,25H,1-2,6-9,11-13H2;1-2,5-7,12,16,18-21,25-26H,3-4,8-11,13-14H2,(H,27,28);1-3,8,12,14-18,21-22H,4-7,9-10H2;3*1H4;;/q;;;;;;;-1;/b;;2-1-;;;;;;/t18-,20-,21-,22+,23-,24?;15-,17-,18-,19-,20+,21?,22?;16-,18-,19-,20+,21-;12-,14-,15-,16-,17+,18?;;;;;/m1111...../s1. The van der Waals surface area contributed by atoms with Gasteiger partial charge in [0.15, 0.2) is 25.2 Å². The summed E-state index contributed by atoms with van der Waals surface area (Å²) in [6.07, 6.45) is 15.0. The molecule has 4 unspecified atom stereocenters. The molecule has 19 nitrogen and oxygen atoms in total. The minimum absolute atomic E-state index is 0. The molecule has 0 spiro atoms. The van der Waals surface area contributed by atoms with Crippen molar-refractivity contribution in [3.63, 3.8) is 0 Å². The van der Waals surface area contributed by atoms with Gasteiger partial charge in [0.05, 0.1) is 62.2 Å². The van der Waals surface area contributed by atoms with Crippen LogP contribution in [0.5, 0.6) is 23.0 Å². The van der Waals surface area contributed by atoms with Crippen LogP contribution in [0.15, 0.2) is 122 Å². The Labute approximate surface area is 792 Å². The van der Waals surface area contributed by atoms with Crippen LogP contribution in [0.1, 0.15) is 189 Å². The van der Waals surface area contributed by atoms with Crippen LogP contribution in [0, 0.1) is 88.6 Å². The number of benzene rings is 4. The molecule has 8 fully saturated rings. The van der Waals surface area contributed by atoms with Crippen LogP contribution in [0.3, 0.4) is 0 Å². The summed E-state index contributed by atoms with van der Waals surface area (Å²) in [6, 6.07) is 27.7. The second-order valence-corrected chi connectivity index (χ2v) is 49.2. The van der Waals surface area contributed by atoms with Gasteiger partial charge >= 0.3 is 56.5 Å². The van der Waals surface area contributed by atoms with Crippen molar-refractivity contribution in [1.82, 2.24) is 0 Å². The Morgan fingerprint density at radius 2 is 0.883 bits per heavy atom. The summed E-state index contributed by atoms with van der Waals surface area (Å²) < 4.78 is 120. The minimum Gasteiger partial charge on any atom is -0.491 e. The molecule has 4 saturated carbocycles. The molecule has 4 aromatic carbocycles. The van der Waals surface area contributed by atoms with Gasteiger partial charge < -0.3 is 87.9 Å². The fraction of sp³-hybridized carbons (Fsp3) is 0.674. The summed E-state index contributed by atoms with van der Waals surface area (Å²) in [5.41, 5.74) is 0. The van der Waals surface area contributed by atoms with Gasteiger partial charge in [-0.25, -0.2) is 17.6 Å². The summed E-state index contributed by atoms with van der Waals surface area (Å²) in [6.45, 7) is 1.31. The van der Waals surface area contributed by atoms with Crippen molar-refractivity contribution in [2.45, 2.75) is 288 Å². The fourth-order valence-corrected chi connectivity index (χ4v) is 18.0. The van der Waals surface area contributed by atoms with E-state index in [-0.39, 0.29) is 187 Å². The van der Waals surface area contributed by atoms with Crippen LogP contribution < -0.4 is 32.2 Å². The molecule has 4 aromatic rings. The normalized spacial score (nSPS) is 29.4. The maximum absolute atomic E-state index is 14.6. The zero-order valence-corrected chi connectivity index (χ0v) is 79.5. The van der Waals surface area contributed by atoms with Crippen molar-refractivity contribution in [3.05, 3.63) is 142 Å². The van der Waals surface area contributed by atoms with Gasteiger partial charge in [-0.05, 0) is 261 Å². The summed E-state index contributed by atoms with van der Waals surface area (Å²) in [5.74, 6) is 1.80. The van der Waals surface area contributed by atoms with Gasteiger partial charge in [-0.3, -0.25) is 4.79 Å². The summed E-state index contributed by atoms with van der Waals surface area (Å²) in [5, 5.41) is 71.7. The molecule has 4 saturated heterocycles. The van der Waals surface area contributed by atoms with Gasteiger partial charge in [0.2, 0.25) is 0 Å². The fourth-order valence-electron chi connectivity index (χ4n) is 17.3. The molecule has 8 aliphatic rings. The third kappa shape index (κ3) is 40.0. The molecule has 4 heterocycles. The zero-order valence-electron chi connectivity index (χ0n) is 66.3. The monoisotopic (exact) mass is 2240 g/mol. The number of methoxy groups -OCH3 is 1. The first kappa shape index (κ1) is 111. The summed E-state index contributed by atoms with van der Waals surface area (Å²) in [7, 11) is 1.60. The Balaban J connectivity index is 0.000000330. The van der Waals surface area contributed by atoms with Crippen molar-refractivity contribution in [3.8, 4) is 23.0 Å². The molecule has 0 amide bonds.